The first-order valence-corrected chi connectivity index (χ1v) is 6.51. The summed E-state index contributed by atoms with van der Waals surface area (Å²) in [5.41, 5.74) is 0. The van der Waals surface area contributed by atoms with Crippen LogP contribution in [0.2, 0.25) is 0 Å². The average Bonchev–Trinajstić information content (AvgIpc) is 2.39. The van der Waals surface area contributed by atoms with Gasteiger partial charge >= 0.3 is 5.97 Å². The van der Waals surface area contributed by atoms with E-state index < -0.39 is 12.0 Å². The molecule has 92 valence electrons. The van der Waals surface area contributed by atoms with Gasteiger partial charge in [0, 0.05) is 25.7 Å². The third kappa shape index (κ3) is 2.67. The maximum Gasteiger partial charge on any atom is 0.327 e. The molecule has 1 aliphatic rings. The Labute approximate surface area is 103 Å². The fraction of sp³-hybridized carbons (Fsp3) is 0.500. The number of aromatic nitrogens is 2. The first-order valence-electron chi connectivity index (χ1n) is 5.28. The number of carboxylic acids is 1. The van der Waals surface area contributed by atoms with Crippen LogP contribution in [0.3, 0.4) is 0 Å². The minimum absolute atomic E-state index is 0.438. The maximum absolute atomic E-state index is 11.2. The molecule has 2 N–H and O–H groups in total. The molecule has 1 aromatic heterocycles. The fourth-order valence-electron chi connectivity index (χ4n) is 1.80. The van der Waals surface area contributed by atoms with Crippen molar-refractivity contribution in [2.45, 2.75) is 11.1 Å². The van der Waals surface area contributed by atoms with Crippen LogP contribution in [-0.4, -0.2) is 53.0 Å². The standard InChI is InChI=1S/C10H14N4O2S/c1-17-9-4-8(12-6-13-9)14-3-2-11-5-7(14)10(15)16/h4,6-7,11H,2-3,5H2,1H3,(H,15,16). The highest BCUT2D eigenvalue weighted by Crippen LogP contribution is 2.20. The van der Waals surface area contributed by atoms with Crippen molar-refractivity contribution in [1.82, 2.24) is 15.3 Å². The van der Waals surface area contributed by atoms with Crippen LogP contribution in [0.5, 0.6) is 0 Å². The Kier molecular flexibility index (Phi) is 3.80. The predicted octanol–water partition coefficient (Wildman–Crippen LogP) is 0.0613. The van der Waals surface area contributed by atoms with Crippen LogP contribution < -0.4 is 10.2 Å². The number of anilines is 1. The minimum Gasteiger partial charge on any atom is -0.480 e. The van der Waals surface area contributed by atoms with E-state index in [0.29, 0.717) is 18.9 Å². The lowest BCUT2D eigenvalue weighted by Gasteiger charge is -2.34. The Balaban J connectivity index is 2.26. The summed E-state index contributed by atoms with van der Waals surface area (Å²) >= 11 is 1.52. The zero-order chi connectivity index (χ0) is 12.3. The van der Waals surface area contributed by atoms with Crippen molar-refractivity contribution in [3.8, 4) is 0 Å². The highest BCUT2D eigenvalue weighted by molar-refractivity contribution is 7.98. The second kappa shape index (κ2) is 5.33. The molecule has 0 radical (unpaired) electrons. The van der Waals surface area contributed by atoms with E-state index >= 15 is 0 Å². The lowest BCUT2D eigenvalue weighted by molar-refractivity contribution is -0.138. The molecule has 17 heavy (non-hydrogen) atoms. The van der Waals surface area contributed by atoms with Crippen molar-refractivity contribution < 1.29 is 9.90 Å². The van der Waals surface area contributed by atoms with Gasteiger partial charge in [0.25, 0.3) is 0 Å². The van der Waals surface area contributed by atoms with Crippen LogP contribution >= 0.6 is 11.8 Å². The van der Waals surface area contributed by atoms with Crippen molar-refractivity contribution in [2.24, 2.45) is 0 Å². The number of hydrogen-bond donors (Lipinski definition) is 2. The SMILES string of the molecule is CSc1cc(N2CCNCC2C(=O)O)ncn1. The summed E-state index contributed by atoms with van der Waals surface area (Å²) in [6.07, 6.45) is 3.40. The van der Waals surface area contributed by atoms with E-state index in [1.54, 1.807) is 4.90 Å². The van der Waals surface area contributed by atoms with E-state index in [2.05, 4.69) is 15.3 Å². The van der Waals surface area contributed by atoms with Gasteiger partial charge < -0.3 is 15.3 Å². The fourth-order valence-corrected chi connectivity index (χ4v) is 2.17. The Morgan fingerprint density at radius 1 is 1.65 bits per heavy atom. The van der Waals surface area contributed by atoms with Crippen LogP contribution in [0, 0.1) is 0 Å². The number of nitrogens with zero attached hydrogens (tertiary/aromatic N) is 3. The van der Waals surface area contributed by atoms with Crippen LogP contribution in [0.4, 0.5) is 5.82 Å². The molecule has 7 heteroatoms. The summed E-state index contributed by atoms with van der Waals surface area (Å²) in [5.74, 6) is -0.153. The Bertz CT molecular complexity index is 415. The second-order valence-electron chi connectivity index (χ2n) is 3.67. The van der Waals surface area contributed by atoms with Crippen molar-refractivity contribution in [3.63, 3.8) is 0 Å². The van der Waals surface area contributed by atoms with Gasteiger partial charge in [-0.3, -0.25) is 0 Å². The number of piperazine rings is 1. The lowest BCUT2D eigenvalue weighted by atomic mass is 10.2. The predicted molar refractivity (Wildman–Crippen MR) is 65.5 cm³/mol. The van der Waals surface area contributed by atoms with E-state index in [4.69, 9.17) is 5.11 Å². The monoisotopic (exact) mass is 254 g/mol. The normalized spacial score (nSPS) is 20.3. The molecule has 0 saturated carbocycles. The van der Waals surface area contributed by atoms with Gasteiger partial charge in [-0.25, -0.2) is 14.8 Å². The van der Waals surface area contributed by atoms with Crippen molar-refractivity contribution >= 4 is 23.5 Å². The summed E-state index contributed by atoms with van der Waals surface area (Å²) in [4.78, 5) is 21.2. The zero-order valence-electron chi connectivity index (χ0n) is 9.46. The Morgan fingerprint density at radius 2 is 2.47 bits per heavy atom. The Morgan fingerprint density at radius 3 is 3.18 bits per heavy atom. The molecule has 0 aliphatic carbocycles. The van der Waals surface area contributed by atoms with Crippen molar-refractivity contribution in [1.29, 1.82) is 0 Å². The number of carboxylic acid groups (broad SMARTS) is 1. The van der Waals surface area contributed by atoms with Crippen LogP contribution in [0.25, 0.3) is 0 Å². The van der Waals surface area contributed by atoms with Crippen LogP contribution in [-0.2, 0) is 4.79 Å². The summed E-state index contributed by atoms with van der Waals surface area (Å²) in [6, 6.07) is 1.26. The number of thioether (sulfide) groups is 1. The highest BCUT2D eigenvalue weighted by Gasteiger charge is 2.29. The van der Waals surface area contributed by atoms with Crippen molar-refractivity contribution in [3.05, 3.63) is 12.4 Å². The molecule has 2 heterocycles. The van der Waals surface area contributed by atoms with E-state index in [1.807, 2.05) is 12.3 Å². The van der Waals surface area contributed by atoms with Gasteiger partial charge in [0.15, 0.2) is 0 Å². The third-order valence-electron chi connectivity index (χ3n) is 2.66. The smallest absolute Gasteiger partial charge is 0.327 e. The van der Waals surface area contributed by atoms with Gasteiger partial charge in [0.1, 0.15) is 23.2 Å². The number of aliphatic carboxylic acids is 1. The summed E-state index contributed by atoms with van der Waals surface area (Å²) in [6.45, 7) is 1.85. The molecule has 1 atom stereocenters. The first kappa shape index (κ1) is 12.1. The largest absolute Gasteiger partial charge is 0.480 e. The first-order chi connectivity index (χ1) is 8.22. The number of nitrogens with one attached hydrogen (secondary N) is 1. The van der Waals surface area contributed by atoms with Gasteiger partial charge in [-0.2, -0.15) is 0 Å². The molecule has 2 rings (SSSR count). The van der Waals surface area contributed by atoms with E-state index in [0.717, 1.165) is 11.6 Å². The topological polar surface area (TPSA) is 78.4 Å². The molecular formula is C10H14N4O2S. The summed E-state index contributed by atoms with van der Waals surface area (Å²) in [7, 11) is 0. The maximum atomic E-state index is 11.2. The van der Waals surface area contributed by atoms with Gasteiger partial charge in [0.2, 0.25) is 0 Å². The van der Waals surface area contributed by atoms with Crippen LogP contribution in [0.15, 0.2) is 17.4 Å². The van der Waals surface area contributed by atoms with Gasteiger partial charge in [-0.15, -0.1) is 11.8 Å². The number of hydrogen-bond acceptors (Lipinski definition) is 6. The van der Waals surface area contributed by atoms with Crippen molar-refractivity contribution in [2.75, 3.05) is 30.8 Å². The summed E-state index contributed by atoms with van der Waals surface area (Å²) in [5, 5.41) is 13.1. The molecule has 0 bridgehead atoms. The van der Waals surface area contributed by atoms with Gasteiger partial charge in [-0.05, 0) is 6.26 Å². The third-order valence-corrected chi connectivity index (χ3v) is 3.30. The number of carbonyl (C=O) groups is 1. The zero-order valence-corrected chi connectivity index (χ0v) is 10.3. The molecule has 1 unspecified atom stereocenters. The molecule has 1 aliphatic heterocycles. The number of rotatable bonds is 3. The van der Waals surface area contributed by atoms with E-state index in [1.165, 1.54) is 18.1 Å². The van der Waals surface area contributed by atoms with E-state index in [9.17, 15) is 4.79 Å². The molecule has 1 saturated heterocycles. The molecule has 0 amide bonds. The second-order valence-corrected chi connectivity index (χ2v) is 4.50. The molecule has 1 aromatic rings. The quantitative estimate of drug-likeness (QED) is 0.583. The lowest BCUT2D eigenvalue weighted by Crippen LogP contribution is -2.55. The average molecular weight is 254 g/mol. The highest BCUT2D eigenvalue weighted by atomic mass is 32.2. The molecule has 6 nitrogen and oxygen atoms in total. The minimum atomic E-state index is -0.832. The molecule has 1 fully saturated rings. The van der Waals surface area contributed by atoms with Gasteiger partial charge in [-0.1, -0.05) is 0 Å². The molecular weight excluding hydrogens is 240 g/mol. The Hall–Kier alpha value is -1.34. The molecule has 0 aromatic carbocycles. The summed E-state index contributed by atoms with van der Waals surface area (Å²) < 4.78 is 0. The van der Waals surface area contributed by atoms with E-state index in [-0.39, 0.29) is 0 Å². The molecule has 0 spiro atoms. The van der Waals surface area contributed by atoms with Gasteiger partial charge in [0.05, 0.1) is 0 Å². The van der Waals surface area contributed by atoms with Crippen LogP contribution in [0.1, 0.15) is 0 Å².